The maximum Gasteiger partial charge on any atom is 0.238 e. The van der Waals surface area contributed by atoms with Crippen LogP contribution in [0.15, 0.2) is 24.3 Å². The predicted octanol–water partition coefficient (Wildman–Crippen LogP) is 1.21. The molecule has 0 aromatic heterocycles. The minimum atomic E-state index is -0.365. The zero-order valence-corrected chi connectivity index (χ0v) is 11.6. The molecule has 1 saturated heterocycles. The molecule has 5 heteroatoms. The highest BCUT2D eigenvalue weighted by Crippen LogP contribution is 2.25. The summed E-state index contributed by atoms with van der Waals surface area (Å²) in [5, 5.41) is 3.08. The van der Waals surface area contributed by atoms with Gasteiger partial charge in [-0.3, -0.25) is 10.1 Å². The molecule has 1 N–H and O–H groups in total. The number of likely N-dealkylation sites (N-methyl/N-ethyl adjacent to an activating group) is 1. The lowest BCUT2D eigenvalue weighted by molar-refractivity contribution is -0.128. The molecule has 1 aromatic rings. The van der Waals surface area contributed by atoms with E-state index in [-0.39, 0.29) is 30.5 Å². The van der Waals surface area contributed by atoms with Gasteiger partial charge in [0.05, 0.1) is 6.54 Å². The van der Waals surface area contributed by atoms with Crippen molar-refractivity contribution >= 4 is 5.91 Å². The van der Waals surface area contributed by atoms with Crippen LogP contribution in [-0.2, 0) is 4.79 Å². The Balaban J connectivity index is 2.20. The molecule has 0 aliphatic carbocycles. The molecule has 0 saturated carbocycles. The molecule has 0 radical (unpaired) electrons. The standard InChI is InChI=1S/C14H20FN3O/c1-10(17(2)3)9-18-13(19)8-16-14(18)11-6-4-5-7-12(11)15/h4-7,10,14,16H,8-9H2,1-3H3. The maximum absolute atomic E-state index is 13.8. The number of hydrogen-bond donors (Lipinski definition) is 1. The van der Waals surface area contributed by atoms with Crippen molar-refractivity contribution in [2.75, 3.05) is 27.2 Å². The first kappa shape index (κ1) is 14.0. The van der Waals surface area contributed by atoms with Gasteiger partial charge in [0.1, 0.15) is 12.0 Å². The Bertz CT molecular complexity index is 464. The third kappa shape index (κ3) is 2.93. The molecule has 4 nitrogen and oxygen atoms in total. The zero-order valence-electron chi connectivity index (χ0n) is 11.6. The highest BCUT2D eigenvalue weighted by Gasteiger charge is 2.33. The van der Waals surface area contributed by atoms with Crippen LogP contribution in [0.2, 0.25) is 0 Å². The zero-order chi connectivity index (χ0) is 14.0. The molecule has 2 unspecified atom stereocenters. The SMILES string of the molecule is CC(CN1C(=O)CNC1c1ccccc1F)N(C)C. The summed E-state index contributed by atoms with van der Waals surface area (Å²) in [6.07, 6.45) is -0.365. The molecule has 0 spiro atoms. The van der Waals surface area contributed by atoms with Crippen LogP contribution in [0.3, 0.4) is 0 Å². The van der Waals surface area contributed by atoms with Crippen LogP contribution in [0.1, 0.15) is 18.7 Å². The largest absolute Gasteiger partial charge is 0.320 e. The molecule has 0 bridgehead atoms. The van der Waals surface area contributed by atoms with Crippen molar-refractivity contribution in [3.8, 4) is 0 Å². The maximum atomic E-state index is 13.8. The summed E-state index contributed by atoms with van der Waals surface area (Å²) in [7, 11) is 3.94. The number of nitrogens with one attached hydrogen (secondary N) is 1. The number of benzene rings is 1. The fraction of sp³-hybridized carbons (Fsp3) is 0.500. The summed E-state index contributed by atoms with van der Waals surface area (Å²) in [6, 6.07) is 6.81. The quantitative estimate of drug-likeness (QED) is 0.888. The van der Waals surface area contributed by atoms with Crippen LogP contribution in [0.25, 0.3) is 0 Å². The van der Waals surface area contributed by atoms with Gasteiger partial charge in [0.2, 0.25) is 5.91 Å². The Morgan fingerprint density at radius 2 is 2.16 bits per heavy atom. The number of nitrogens with zero attached hydrogens (tertiary/aromatic N) is 2. The van der Waals surface area contributed by atoms with Crippen LogP contribution in [0, 0.1) is 5.82 Å². The minimum Gasteiger partial charge on any atom is -0.320 e. The van der Waals surface area contributed by atoms with Gasteiger partial charge in [-0.2, -0.15) is 0 Å². The monoisotopic (exact) mass is 265 g/mol. The lowest BCUT2D eigenvalue weighted by atomic mass is 10.1. The van der Waals surface area contributed by atoms with E-state index in [0.29, 0.717) is 12.1 Å². The smallest absolute Gasteiger partial charge is 0.238 e. The number of rotatable bonds is 4. The van der Waals surface area contributed by atoms with Crippen molar-refractivity contribution in [1.82, 2.24) is 15.1 Å². The van der Waals surface area contributed by atoms with E-state index in [1.807, 2.05) is 25.9 Å². The first-order chi connectivity index (χ1) is 9.00. The van der Waals surface area contributed by atoms with Gasteiger partial charge in [-0.05, 0) is 27.1 Å². The van der Waals surface area contributed by atoms with E-state index in [1.54, 1.807) is 23.1 Å². The van der Waals surface area contributed by atoms with Gasteiger partial charge >= 0.3 is 0 Å². The van der Waals surface area contributed by atoms with Crippen molar-refractivity contribution in [2.24, 2.45) is 0 Å². The van der Waals surface area contributed by atoms with Crippen LogP contribution in [0.5, 0.6) is 0 Å². The summed E-state index contributed by atoms with van der Waals surface area (Å²) in [5.74, 6) is -0.265. The molecule has 1 amide bonds. The lowest BCUT2D eigenvalue weighted by Gasteiger charge is -2.30. The Kier molecular flexibility index (Phi) is 4.17. The summed E-state index contributed by atoms with van der Waals surface area (Å²) in [6.45, 7) is 2.89. The molecule has 104 valence electrons. The van der Waals surface area contributed by atoms with Crippen molar-refractivity contribution in [3.63, 3.8) is 0 Å². The molecule has 1 aliphatic heterocycles. The average Bonchev–Trinajstić information content (AvgIpc) is 2.72. The van der Waals surface area contributed by atoms with Gasteiger partial charge in [-0.1, -0.05) is 18.2 Å². The second kappa shape index (κ2) is 5.67. The van der Waals surface area contributed by atoms with Crippen molar-refractivity contribution in [2.45, 2.75) is 19.1 Å². The topological polar surface area (TPSA) is 35.6 Å². The van der Waals surface area contributed by atoms with Gasteiger partial charge in [0, 0.05) is 18.2 Å². The fourth-order valence-electron chi connectivity index (χ4n) is 2.17. The van der Waals surface area contributed by atoms with E-state index >= 15 is 0 Å². The average molecular weight is 265 g/mol. The number of amides is 1. The Morgan fingerprint density at radius 1 is 1.47 bits per heavy atom. The molecule has 1 aliphatic rings. The first-order valence-electron chi connectivity index (χ1n) is 6.44. The van der Waals surface area contributed by atoms with Gasteiger partial charge < -0.3 is 9.80 Å². The Labute approximate surface area is 113 Å². The van der Waals surface area contributed by atoms with Gasteiger partial charge in [0.25, 0.3) is 0 Å². The summed E-state index contributed by atoms with van der Waals surface area (Å²) >= 11 is 0. The number of carbonyl (C=O) groups is 1. The second-order valence-corrected chi connectivity index (χ2v) is 5.16. The highest BCUT2D eigenvalue weighted by atomic mass is 19.1. The van der Waals surface area contributed by atoms with E-state index in [0.717, 1.165) is 0 Å². The molecule has 1 fully saturated rings. The molecular formula is C14H20FN3O. The summed E-state index contributed by atoms with van der Waals surface area (Å²) in [4.78, 5) is 15.7. The van der Waals surface area contributed by atoms with Crippen LogP contribution < -0.4 is 5.32 Å². The van der Waals surface area contributed by atoms with E-state index < -0.39 is 0 Å². The third-order valence-corrected chi connectivity index (χ3v) is 3.62. The lowest BCUT2D eigenvalue weighted by Crippen LogP contribution is -2.41. The highest BCUT2D eigenvalue weighted by molar-refractivity contribution is 5.81. The van der Waals surface area contributed by atoms with Crippen molar-refractivity contribution < 1.29 is 9.18 Å². The number of hydrogen-bond acceptors (Lipinski definition) is 3. The van der Waals surface area contributed by atoms with Gasteiger partial charge in [-0.15, -0.1) is 0 Å². The van der Waals surface area contributed by atoms with Crippen molar-refractivity contribution in [3.05, 3.63) is 35.6 Å². The Hall–Kier alpha value is -1.46. The van der Waals surface area contributed by atoms with E-state index in [1.165, 1.54) is 6.07 Å². The molecular weight excluding hydrogens is 245 g/mol. The van der Waals surface area contributed by atoms with Crippen LogP contribution >= 0.6 is 0 Å². The second-order valence-electron chi connectivity index (χ2n) is 5.16. The number of halogens is 1. The molecule has 1 aromatic carbocycles. The fourth-order valence-corrected chi connectivity index (χ4v) is 2.17. The molecule has 2 atom stereocenters. The normalized spacial score (nSPS) is 21.2. The van der Waals surface area contributed by atoms with Gasteiger partial charge in [-0.25, -0.2) is 4.39 Å². The van der Waals surface area contributed by atoms with Crippen molar-refractivity contribution in [1.29, 1.82) is 0 Å². The molecule has 19 heavy (non-hydrogen) atoms. The predicted molar refractivity (Wildman–Crippen MR) is 72.0 cm³/mol. The van der Waals surface area contributed by atoms with E-state index in [2.05, 4.69) is 5.32 Å². The van der Waals surface area contributed by atoms with E-state index in [4.69, 9.17) is 0 Å². The van der Waals surface area contributed by atoms with Crippen LogP contribution in [0.4, 0.5) is 4.39 Å². The van der Waals surface area contributed by atoms with Crippen LogP contribution in [-0.4, -0.2) is 48.9 Å². The number of carbonyl (C=O) groups excluding carboxylic acids is 1. The molecule has 2 rings (SSSR count). The van der Waals surface area contributed by atoms with Gasteiger partial charge in [0.15, 0.2) is 0 Å². The summed E-state index contributed by atoms with van der Waals surface area (Å²) in [5.41, 5.74) is 0.527. The third-order valence-electron chi connectivity index (χ3n) is 3.62. The first-order valence-corrected chi connectivity index (χ1v) is 6.44. The summed E-state index contributed by atoms with van der Waals surface area (Å²) < 4.78 is 13.8. The minimum absolute atomic E-state index is 0.0157. The molecule has 1 heterocycles. The Morgan fingerprint density at radius 3 is 2.79 bits per heavy atom. The van der Waals surface area contributed by atoms with E-state index in [9.17, 15) is 9.18 Å².